The van der Waals surface area contributed by atoms with Crippen LogP contribution in [-0.4, -0.2) is 9.78 Å². The number of halogens is 3. The summed E-state index contributed by atoms with van der Waals surface area (Å²) >= 11 is 0. The first-order chi connectivity index (χ1) is 9.29. The lowest BCUT2D eigenvalue weighted by Gasteiger charge is -2.13. The summed E-state index contributed by atoms with van der Waals surface area (Å²) in [6.45, 7) is 4.14. The Morgan fingerprint density at radius 1 is 1.25 bits per heavy atom. The molecule has 0 amide bonds. The van der Waals surface area contributed by atoms with Crippen molar-refractivity contribution in [1.82, 2.24) is 9.78 Å². The van der Waals surface area contributed by atoms with Gasteiger partial charge in [-0.3, -0.25) is 4.68 Å². The summed E-state index contributed by atoms with van der Waals surface area (Å²) in [5.41, 5.74) is 2.57. The molecule has 0 saturated heterocycles. The number of aryl methyl sites for hydroxylation is 2. The molecule has 0 aliphatic heterocycles. The third-order valence-corrected chi connectivity index (χ3v) is 3.37. The van der Waals surface area contributed by atoms with Gasteiger partial charge in [-0.15, -0.1) is 0 Å². The second kappa shape index (κ2) is 5.19. The molecule has 1 aromatic heterocycles. The zero-order chi connectivity index (χ0) is 14.9. The third kappa shape index (κ3) is 2.95. The molecule has 2 aromatic rings. The predicted octanol–water partition coefficient (Wildman–Crippen LogP) is 3.67. The quantitative estimate of drug-likeness (QED) is 0.931. The van der Waals surface area contributed by atoms with Gasteiger partial charge in [0.1, 0.15) is 0 Å². The van der Waals surface area contributed by atoms with Crippen molar-refractivity contribution >= 4 is 5.69 Å². The van der Waals surface area contributed by atoms with Crippen molar-refractivity contribution in [3.63, 3.8) is 0 Å². The van der Waals surface area contributed by atoms with Crippen LogP contribution in [0.3, 0.4) is 0 Å². The fraction of sp³-hybridized carbons (Fsp3) is 0.357. The van der Waals surface area contributed by atoms with Gasteiger partial charge in [-0.05, 0) is 31.5 Å². The van der Waals surface area contributed by atoms with Gasteiger partial charge in [0, 0.05) is 30.5 Å². The van der Waals surface area contributed by atoms with Gasteiger partial charge < -0.3 is 5.32 Å². The molecular weight excluding hydrogens is 267 g/mol. The van der Waals surface area contributed by atoms with Crippen molar-refractivity contribution < 1.29 is 13.2 Å². The van der Waals surface area contributed by atoms with E-state index in [1.807, 2.05) is 14.0 Å². The van der Waals surface area contributed by atoms with E-state index >= 15 is 0 Å². The minimum absolute atomic E-state index is 0.446. The fourth-order valence-corrected chi connectivity index (χ4v) is 1.90. The van der Waals surface area contributed by atoms with Gasteiger partial charge in [0.25, 0.3) is 0 Å². The smallest absolute Gasteiger partial charge is 0.381 e. The molecule has 0 bridgehead atoms. The van der Waals surface area contributed by atoms with E-state index in [2.05, 4.69) is 10.4 Å². The standard InChI is InChI=1S/C14H16F3N3/c1-9-4-5-12(14(15,16)17)6-13(9)18-7-11-8-19-20(3)10(11)2/h4-6,8,18H,7H2,1-3H3. The van der Waals surface area contributed by atoms with Crippen LogP contribution in [0.15, 0.2) is 24.4 Å². The molecule has 6 heteroatoms. The number of hydrogen-bond acceptors (Lipinski definition) is 2. The summed E-state index contributed by atoms with van der Waals surface area (Å²) in [6, 6.07) is 3.71. The average molecular weight is 283 g/mol. The zero-order valence-corrected chi connectivity index (χ0v) is 11.5. The molecule has 0 unspecified atom stereocenters. The lowest BCUT2D eigenvalue weighted by molar-refractivity contribution is -0.137. The van der Waals surface area contributed by atoms with Crippen LogP contribution in [0.5, 0.6) is 0 Å². The highest BCUT2D eigenvalue weighted by Gasteiger charge is 2.30. The number of nitrogens with zero attached hydrogens (tertiary/aromatic N) is 2. The van der Waals surface area contributed by atoms with E-state index in [-0.39, 0.29) is 0 Å². The minimum Gasteiger partial charge on any atom is -0.381 e. The Hall–Kier alpha value is -1.98. The first-order valence-corrected chi connectivity index (χ1v) is 6.18. The lowest BCUT2D eigenvalue weighted by atomic mass is 10.1. The van der Waals surface area contributed by atoms with Crippen molar-refractivity contribution in [3.05, 3.63) is 46.8 Å². The zero-order valence-electron chi connectivity index (χ0n) is 11.5. The van der Waals surface area contributed by atoms with Crippen LogP contribution >= 0.6 is 0 Å². The van der Waals surface area contributed by atoms with Crippen molar-refractivity contribution in [2.45, 2.75) is 26.6 Å². The largest absolute Gasteiger partial charge is 0.416 e. The van der Waals surface area contributed by atoms with E-state index in [0.717, 1.165) is 29.0 Å². The molecule has 0 radical (unpaired) electrons. The Labute approximate surface area is 115 Å². The van der Waals surface area contributed by atoms with Crippen LogP contribution in [0, 0.1) is 13.8 Å². The number of nitrogens with one attached hydrogen (secondary N) is 1. The van der Waals surface area contributed by atoms with Crippen LogP contribution in [0.1, 0.15) is 22.4 Å². The molecule has 0 fully saturated rings. The number of aromatic nitrogens is 2. The van der Waals surface area contributed by atoms with Crippen molar-refractivity contribution in [2.75, 3.05) is 5.32 Å². The van der Waals surface area contributed by atoms with E-state index in [1.54, 1.807) is 17.8 Å². The van der Waals surface area contributed by atoms with Gasteiger partial charge in [0.2, 0.25) is 0 Å². The maximum atomic E-state index is 12.7. The van der Waals surface area contributed by atoms with Crippen LogP contribution in [-0.2, 0) is 19.8 Å². The highest BCUT2D eigenvalue weighted by Crippen LogP contribution is 2.32. The maximum absolute atomic E-state index is 12.7. The summed E-state index contributed by atoms with van der Waals surface area (Å²) in [4.78, 5) is 0. The summed E-state index contributed by atoms with van der Waals surface area (Å²) in [6.07, 6.45) is -2.61. The molecule has 0 saturated carbocycles. The molecule has 3 nitrogen and oxygen atoms in total. The summed E-state index contributed by atoms with van der Waals surface area (Å²) < 4.78 is 39.8. The molecule has 0 aliphatic carbocycles. The summed E-state index contributed by atoms with van der Waals surface area (Å²) in [5, 5.41) is 7.15. The van der Waals surface area contributed by atoms with Gasteiger partial charge in [0.05, 0.1) is 11.8 Å². The fourth-order valence-electron chi connectivity index (χ4n) is 1.90. The normalized spacial score (nSPS) is 11.7. The Kier molecular flexibility index (Phi) is 3.74. The Morgan fingerprint density at radius 2 is 1.95 bits per heavy atom. The second-order valence-corrected chi connectivity index (χ2v) is 4.76. The molecule has 1 heterocycles. The molecule has 0 spiro atoms. The predicted molar refractivity (Wildman–Crippen MR) is 71.5 cm³/mol. The Morgan fingerprint density at radius 3 is 2.50 bits per heavy atom. The van der Waals surface area contributed by atoms with Crippen molar-refractivity contribution in [2.24, 2.45) is 7.05 Å². The first-order valence-electron chi connectivity index (χ1n) is 6.18. The number of benzene rings is 1. The average Bonchev–Trinajstić information content (AvgIpc) is 2.68. The Bertz CT molecular complexity index is 615. The maximum Gasteiger partial charge on any atom is 0.416 e. The van der Waals surface area contributed by atoms with E-state index in [4.69, 9.17) is 0 Å². The van der Waals surface area contributed by atoms with Gasteiger partial charge in [-0.25, -0.2) is 0 Å². The third-order valence-electron chi connectivity index (χ3n) is 3.37. The van der Waals surface area contributed by atoms with E-state index in [0.29, 0.717) is 12.2 Å². The number of hydrogen-bond donors (Lipinski definition) is 1. The summed E-state index contributed by atoms with van der Waals surface area (Å²) in [5.74, 6) is 0. The van der Waals surface area contributed by atoms with Crippen LogP contribution in [0.4, 0.5) is 18.9 Å². The molecule has 0 aliphatic rings. The highest BCUT2D eigenvalue weighted by molar-refractivity contribution is 5.53. The SMILES string of the molecule is Cc1ccc(C(F)(F)F)cc1NCc1cnn(C)c1C. The topological polar surface area (TPSA) is 29.9 Å². The van der Waals surface area contributed by atoms with E-state index in [9.17, 15) is 13.2 Å². The van der Waals surface area contributed by atoms with E-state index < -0.39 is 11.7 Å². The van der Waals surface area contributed by atoms with Crippen molar-refractivity contribution in [1.29, 1.82) is 0 Å². The molecule has 1 aromatic carbocycles. The first kappa shape index (κ1) is 14.4. The van der Waals surface area contributed by atoms with E-state index in [1.165, 1.54) is 6.07 Å². The molecule has 2 rings (SSSR count). The molecule has 108 valence electrons. The number of anilines is 1. The summed E-state index contributed by atoms with van der Waals surface area (Å²) in [7, 11) is 1.83. The van der Waals surface area contributed by atoms with Crippen LogP contribution < -0.4 is 5.32 Å². The van der Waals surface area contributed by atoms with Crippen LogP contribution in [0.25, 0.3) is 0 Å². The van der Waals surface area contributed by atoms with Gasteiger partial charge in [0.15, 0.2) is 0 Å². The lowest BCUT2D eigenvalue weighted by Crippen LogP contribution is -2.08. The van der Waals surface area contributed by atoms with Crippen LogP contribution in [0.2, 0.25) is 0 Å². The van der Waals surface area contributed by atoms with Crippen molar-refractivity contribution in [3.8, 4) is 0 Å². The van der Waals surface area contributed by atoms with Gasteiger partial charge in [-0.1, -0.05) is 6.07 Å². The molecule has 20 heavy (non-hydrogen) atoms. The number of alkyl halides is 3. The Balaban J connectivity index is 2.19. The van der Waals surface area contributed by atoms with Gasteiger partial charge >= 0.3 is 6.18 Å². The molecule has 1 N–H and O–H groups in total. The molecule has 0 atom stereocenters. The number of rotatable bonds is 3. The monoisotopic (exact) mass is 283 g/mol. The van der Waals surface area contributed by atoms with Gasteiger partial charge in [-0.2, -0.15) is 18.3 Å². The minimum atomic E-state index is -4.33. The molecular formula is C14H16F3N3. The second-order valence-electron chi connectivity index (χ2n) is 4.76. The highest BCUT2D eigenvalue weighted by atomic mass is 19.4.